The zero-order valence-corrected chi connectivity index (χ0v) is 47.7. The summed E-state index contributed by atoms with van der Waals surface area (Å²) < 4.78 is 2.39. The van der Waals surface area contributed by atoms with E-state index in [0.29, 0.717) is 11.6 Å². The Morgan fingerprint density at radius 1 is 0.261 bits per heavy atom. The number of anilines is 6. The zero-order chi connectivity index (χ0) is 58.1. The second kappa shape index (κ2) is 21.1. The molecule has 0 fully saturated rings. The van der Waals surface area contributed by atoms with Gasteiger partial charge in [-0.05, 0) is 107 Å². The van der Waals surface area contributed by atoms with Gasteiger partial charge in [0.1, 0.15) is 0 Å². The van der Waals surface area contributed by atoms with Gasteiger partial charge in [0.05, 0.1) is 45.2 Å². The van der Waals surface area contributed by atoms with Crippen LogP contribution in [0.2, 0.25) is 0 Å². The van der Waals surface area contributed by atoms with Gasteiger partial charge in [-0.25, -0.2) is 19.9 Å². The van der Waals surface area contributed by atoms with Crippen LogP contribution in [0.4, 0.5) is 34.1 Å². The second-order valence-electron chi connectivity index (χ2n) is 22.5. The molecule has 5 heterocycles. The first kappa shape index (κ1) is 50.8. The van der Waals surface area contributed by atoms with E-state index in [0.717, 1.165) is 112 Å². The summed E-state index contributed by atoms with van der Waals surface area (Å²) in [6, 6.07) is 112. The third-order valence-corrected chi connectivity index (χ3v) is 17.4. The summed E-state index contributed by atoms with van der Waals surface area (Å²) in [5.41, 5.74) is 24.8. The summed E-state index contributed by atoms with van der Waals surface area (Å²) >= 11 is 0. The molecule has 2 aliphatic heterocycles. The molecular formula is C80H52BN7. The van der Waals surface area contributed by atoms with Crippen LogP contribution in [0.25, 0.3) is 106 Å². The normalized spacial score (nSPS) is 12.2. The summed E-state index contributed by atoms with van der Waals surface area (Å²) in [4.78, 5) is 26.8. The minimum atomic E-state index is -0.0365. The minimum Gasteiger partial charge on any atom is -0.311 e. The highest BCUT2D eigenvalue weighted by Gasteiger charge is 2.44. The van der Waals surface area contributed by atoms with Crippen molar-refractivity contribution in [2.75, 3.05) is 9.80 Å². The topological polar surface area (TPSA) is 63.0 Å². The van der Waals surface area contributed by atoms with Crippen LogP contribution in [0, 0.1) is 0 Å². The number of benzene rings is 12. The van der Waals surface area contributed by atoms with Crippen molar-refractivity contribution < 1.29 is 0 Å². The smallest absolute Gasteiger partial charge is 0.252 e. The number of fused-ring (bicyclic) bond motifs is 7. The molecule has 0 saturated carbocycles. The quantitative estimate of drug-likeness (QED) is 0.127. The van der Waals surface area contributed by atoms with Crippen molar-refractivity contribution in [2.45, 2.75) is 0 Å². The van der Waals surface area contributed by atoms with Crippen LogP contribution in [-0.4, -0.2) is 31.2 Å². The van der Waals surface area contributed by atoms with E-state index >= 15 is 0 Å². The lowest BCUT2D eigenvalue weighted by Gasteiger charge is -2.45. The predicted molar refractivity (Wildman–Crippen MR) is 364 cm³/mol. The first-order valence-electron chi connectivity index (χ1n) is 29.9. The first-order chi connectivity index (χ1) is 43.7. The van der Waals surface area contributed by atoms with Crippen molar-refractivity contribution in [1.82, 2.24) is 24.5 Å². The fraction of sp³-hybridized carbons (Fsp3) is 0. The number of nitrogens with zero attached hydrogens (tertiary/aromatic N) is 7. The van der Waals surface area contributed by atoms with Crippen LogP contribution in [0.15, 0.2) is 315 Å². The van der Waals surface area contributed by atoms with Gasteiger partial charge in [-0.15, -0.1) is 0 Å². The lowest BCUT2D eigenvalue weighted by molar-refractivity contribution is 1.15. The maximum atomic E-state index is 5.75. The van der Waals surface area contributed by atoms with Crippen LogP contribution in [-0.2, 0) is 0 Å². The molecule has 17 rings (SSSR count). The number of hydrogen-bond acceptors (Lipinski definition) is 6. The Morgan fingerprint density at radius 3 is 1.32 bits per heavy atom. The van der Waals surface area contributed by atoms with Crippen LogP contribution >= 0.6 is 0 Å². The predicted octanol–water partition coefficient (Wildman–Crippen LogP) is 18.1. The first-order valence-corrected chi connectivity index (χ1v) is 29.9. The number of aromatic nitrogens is 5. The number of rotatable bonds is 10. The monoisotopic (exact) mass is 1120 g/mol. The Kier molecular flexibility index (Phi) is 12.2. The van der Waals surface area contributed by atoms with E-state index in [4.69, 9.17) is 19.9 Å². The van der Waals surface area contributed by atoms with Crippen LogP contribution < -0.4 is 26.2 Å². The van der Waals surface area contributed by atoms with Gasteiger partial charge in [-0.2, -0.15) is 0 Å². The fourth-order valence-electron chi connectivity index (χ4n) is 13.5. The Hall–Kier alpha value is -11.7. The van der Waals surface area contributed by atoms with Gasteiger partial charge >= 0.3 is 0 Å². The van der Waals surface area contributed by atoms with E-state index in [9.17, 15) is 0 Å². The second-order valence-corrected chi connectivity index (χ2v) is 22.5. The van der Waals surface area contributed by atoms with Gasteiger partial charge < -0.3 is 14.4 Å². The molecule has 0 N–H and O–H groups in total. The molecule has 15 aromatic rings. The van der Waals surface area contributed by atoms with Crippen LogP contribution in [0.3, 0.4) is 0 Å². The molecule has 8 heteroatoms. The Balaban J connectivity index is 0.899. The molecule has 3 aromatic heterocycles. The third kappa shape index (κ3) is 8.52. The van der Waals surface area contributed by atoms with Crippen molar-refractivity contribution in [3.05, 3.63) is 315 Å². The van der Waals surface area contributed by atoms with Crippen molar-refractivity contribution in [2.24, 2.45) is 0 Å². The number of hydrogen-bond donors (Lipinski definition) is 0. The van der Waals surface area contributed by atoms with E-state index in [1.807, 2.05) is 24.3 Å². The molecule has 0 aliphatic carbocycles. The summed E-state index contributed by atoms with van der Waals surface area (Å²) in [5, 5.41) is 2.35. The Morgan fingerprint density at radius 2 is 0.705 bits per heavy atom. The Labute approximate surface area is 510 Å². The molecule has 88 heavy (non-hydrogen) atoms. The van der Waals surface area contributed by atoms with E-state index < -0.39 is 0 Å². The average Bonchev–Trinajstić information content (AvgIpc) is 0.851. The van der Waals surface area contributed by atoms with Crippen molar-refractivity contribution in [1.29, 1.82) is 0 Å². The van der Waals surface area contributed by atoms with E-state index in [-0.39, 0.29) is 6.71 Å². The molecule has 0 saturated heterocycles. The van der Waals surface area contributed by atoms with E-state index in [1.54, 1.807) is 0 Å². The van der Waals surface area contributed by atoms with Gasteiger partial charge in [0.25, 0.3) is 6.71 Å². The van der Waals surface area contributed by atoms with Gasteiger partial charge in [0.15, 0.2) is 11.6 Å². The average molecular weight is 1120 g/mol. The van der Waals surface area contributed by atoms with E-state index in [2.05, 4.69) is 306 Å². The molecule has 0 spiro atoms. The summed E-state index contributed by atoms with van der Waals surface area (Å²) in [6.45, 7) is -0.0365. The summed E-state index contributed by atoms with van der Waals surface area (Å²) in [7, 11) is 0. The van der Waals surface area contributed by atoms with Gasteiger partial charge in [0, 0.05) is 78.2 Å². The third-order valence-electron chi connectivity index (χ3n) is 17.4. The fourth-order valence-corrected chi connectivity index (χ4v) is 13.5. The van der Waals surface area contributed by atoms with E-state index in [1.165, 1.54) is 32.8 Å². The standard InChI is InChI=1S/C80H52BN7/c1-6-25-53(26-7-1)67-51-69(84-79(82-67)55-29-10-3-11-30-55)57-45-47-73(88-71-41-20-16-37-62(71)63-38-17-21-42-72(63)88)64(50-57)70-52-68(54-27-8-2-9-28-54)83-80(85-70)58-32-24-31-56(49-58)61-46-48-76-77-78(61)87(60-35-14-5-15-36-60)75-44-23-19-40-66(75)81(77)65-39-18-22-43-74(65)86(76)59-33-12-4-13-34-59/h1-52H. The highest BCUT2D eigenvalue weighted by molar-refractivity contribution is 7.00. The maximum absolute atomic E-state index is 5.75. The highest BCUT2D eigenvalue weighted by Crippen LogP contribution is 2.48. The molecule has 0 radical (unpaired) electrons. The van der Waals surface area contributed by atoms with Gasteiger partial charge in [-0.3, -0.25) is 0 Å². The molecule has 0 atom stereocenters. The largest absolute Gasteiger partial charge is 0.311 e. The van der Waals surface area contributed by atoms with Gasteiger partial charge in [0.2, 0.25) is 0 Å². The van der Waals surface area contributed by atoms with Crippen LogP contribution in [0.5, 0.6) is 0 Å². The molecule has 12 aromatic carbocycles. The molecular weight excluding hydrogens is 1070 g/mol. The number of para-hydroxylation sites is 6. The molecule has 2 aliphatic rings. The highest BCUT2D eigenvalue weighted by atomic mass is 15.2. The SMILES string of the molecule is c1ccc(-c2cc(-c3ccc(-n4c5ccccc5c5ccccc54)c(-c4cc(-c5ccccc5)nc(-c5cccc(-c6ccc7c8c6N(c6ccccc6)c6ccccc6B8c6ccccc6N7c6ccccc6)c5)n4)c3)nc(-c3ccccc3)n2)cc1. The summed E-state index contributed by atoms with van der Waals surface area (Å²) in [6.07, 6.45) is 0. The molecule has 410 valence electrons. The lowest BCUT2D eigenvalue weighted by Crippen LogP contribution is -2.61. The zero-order valence-electron chi connectivity index (χ0n) is 47.7. The molecule has 7 nitrogen and oxygen atoms in total. The van der Waals surface area contributed by atoms with Crippen LogP contribution in [0.1, 0.15) is 0 Å². The maximum Gasteiger partial charge on any atom is 0.252 e. The molecule has 0 bridgehead atoms. The molecule has 0 amide bonds. The van der Waals surface area contributed by atoms with Crippen molar-refractivity contribution in [3.63, 3.8) is 0 Å². The Bertz CT molecular complexity index is 5050. The van der Waals surface area contributed by atoms with Crippen molar-refractivity contribution >= 4 is 79.0 Å². The molecule has 0 unspecified atom stereocenters. The van der Waals surface area contributed by atoms with Gasteiger partial charge in [-0.1, -0.05) is 231 Å². The summed E-state index contributed by atoms with van der Waals surface area (Å²) in [5.74, 6) is 1.26. The lowest BCUT2D eigenvalue weighted by atomic mass is 9.33. The van der Waals surface area contributed by atoms with Crippen molar-refractivity contribution in [3.8, 4) is 84.6 Å². The minimum absolute atomic E-state index is 0.0365.